The molecule has 0 unspecified atom stereocenters. The Bertz CT molecular complexity index is 2320. The highest BCUT2D eigenvalue weighted by Gasteiger charge is 2.29. The number of rotatable bonds is 6. The van der Waals surface area contributed by atoms with Crippen LogP contribution in [0.25, 0.3) is 43.6 Å². The van der Waals surface area contributed by atoms with Crippen molar-refractivity contribution in [3.05, 3.63) is 167 Å². The summed E-state index contributed by atoms with van der Waals surface area (Å²) in [6, 6.07) is 32.0. The molecule has 0 fully saturated rings. The number of hydrogen-bond acceptors (Lipinski definition) is 1. The summed E-state index contributed by atoms with van der Waals surface area (Å²) in [5.74, 6) is -0.295. The zero-order valence-electron chi connectivity index (χ0n) is 25.1. The zero-order chi connectivity index (χ0) is 32.5. The second-order valence-corrected chi connectivity index (χ2v) is 15.8. The average molecular weight is 883 g/mol. The molecule has 0 saturated heterocycles. The van der Waals surface area contributed by atoms with Crippen molar-refractivity contribution < 1.29 is 0 Å². The molecule has 5 nitrogen and oxygen atoms in total. The van der Waals surface area contributed by atoms with Gasteiger partial charge in [-0.1, -0.05) is 69.8 Å². The molecule has 48 heavy (non-hydrogen) atoms. The maximum absolute atomic E-state index is 5.61. The molecule has 9 aromatic rings. The minimum atomic E-state index is -0.147. The van der Waals surface area contributed by atoms with Gasteiger partial charge in [-0.25, -0.2) is 0 Å². The van der Waals surface area contributed by atoms with Gasteiger partial charge in [0.15, 0.2) is 0 Å². The summed E-state index contributed by atoms with van der Waals surface area (Å²) < 4.78 is 4.14. The fraction of sp³-hybridized carbons (Fsp3) is 0.0513. The van der Waals surface area contributed by atoms with Crippen LogP contribution >= 0.6 is 63.7 Å². The van der Waals surface area contributed by atoms with Gasteiger partial charge in [-0.2, -0.15) is 0 Å². The lowest BCUT2D eigenvalue weighted by atomic mass is 9.85. The van der Waals surface area contributed by atoms with E-state index in [1.165, 1.54) is 22.3 Å². The van der Waals surface area contributed by atoms with Gasteiger partial charge in [0.2, 0.25) is 0 Å². The van der Waals surface area contributed by atoms with Crippen molar-refractivity contribution in [2.45, 2.75) is 11.8 Å². The second-order valence-electron chi connectivity index (χ2n) is 12.1. The lowest BCUT2D eigenvalue weighted by Gasteiger charge is -2.21. The Morgan fingerprint density at radius 1 is 0.396 bits per heavy atom. The summed E-state index contributed by atoms with van der Waals surface area (Å²) in [4.78, 5) is 19.8. The Kier molecular flexibility index (Phi) is 7.49. The number of aromatic nitrogens is 5. The third-order valence-electron chi connectivity index (χ3n) is 9.33. The Hall–Kier alpha value is -3.89. The summed E-state index contributed by atoms with van der Waals surface area (Å²) in [6.07, 6.45) is 8.55. The molecule has 4 aromatic carbocycles. The molecule has 0 aliphatic carbocycles. The van der Waals surface area contributed by atoms with E-state index in [0.29, 0.717) is 0 Å². The SMILES string of the molecule is Brc1ccc2[nH]cc(C(c3cccc(C(c4c[nH]c5ccc(Br)cc45)c4c[nH]c5ccc(Br)cc45)n3)c3c[nH]c4ccc(Br)cc34)c2c1. The van der Waals surface area contributed by atoms with E-state index in [1.54, 1.807) is 0 Å². The first kappa shape index (κ1) is 30.2. The van der Waals surface area contributed by atoms with E-state index in [2.05, 4.69) is 199 Å². The number of benzene rings is 4. The average Bonchev–Trinajstić information content (AvgIpc) is 3.88. The van der Waals surface area contributed by atoms with Crippen LogP contribution in [0.1, 0.15) is 45.5 Å². The highest BCUT2D eigenvalue weighted by Crippen LogP contribution is 2.43. The maximum atomic E-state index is 5.61. The lowest BCUT2D eigenvalue weighted by Crippen LogP contribution is -2.10. The van der Waals surface area contributed by atoms with Crippen LogP contribution in [0.2, 0.25) is 0 Å². The maximum Gasteiger partial charge on any atom is 0.0555 e. The fourth-order valence-corrected chi connectivity index (χ4v) is 8.62. The second kappa shape index (κ2) is 11.9. The van der Waals surface area contributed by atoms with Crippen molar-refractivity contribution in [1.82, 2.24) is 24.9 Å². The van der Waals surface area contributed by atoms with E-state index in [-0.39, 0.29) is 11.8 Å². The molecule has 9 rings (SSSR count). The van der Waals surface area contributed by atoms with Gasteiger partial charge in [-0.15, -0.1) is 0 Å². The van der Waals surface area contributed by atoms with Crippen LogP contribution < -0.4 is 0 Å². The van der Waals surface area contributed by atoms with Gasteiger partial charge in [-0.05, 0) is 107 Å². The number of hydrogen-bond donors (Lipinski definition) is 4. The monoisotopic (exact) mass is 879 g/mol. The smallest absolute Gasteiger partial charge is 0.0555 e. The molecule has 5 heterocycles. The van der Waals surface area contributed by atoms with Crippen LogP contribution in [0.3, 0.4) is 0 Å². The van der Waals surface area contributed by atoms with Crippen molar-refractivity contribution in [2.24, 2.45) is 0 Å². The van der Waals surface area contributed by atoms with Crippen LogP contribution in [0.15, 0.2) is 134 Å². The molecule has 234 valence electrons. The van der Waals surface area contributed by atoms with Gasteiger partial charge >= 0.3 is 0 Å². The van der Waals surface area contributed by atoms with Crippen LogP contribution in [-0.4, -0.2) is 24.9 Å². The summed E-state index contributed by atoms with van der Waals surface area (Å²) in [6.45, 7) is 0. The molecule has 0 radical (unpaired) electrons. The predicted octanol–water partition coefficient (Wildman–Crippen LogP) is 12.4. The first-order valence-corrected chi connectivity index (χ1v) is 18.6. The third kappa shape index (κ3) is 5.10. The molecule has 0 aliphatic rings. The number of aromatic amines is 4. The van der Waals surface area contributed by atoms with Gasteiger partial charge in [-0.3, -0.25) is 4.98 Å². The first-order valence-electron chi connectivity index (χ1n) is 15.4. The zero-order valence-corrected chi connectivity index (χ0v) is 31.4. The first-order chi connectivity index (χ1) is 23.4. The van der Waals surface area contributed by atoms with Gasteiger partial charge < -0.3 is 19.9 Å². The van der Waals surface area contributed by atoms with E-state index >= 15 is 0 Å². The minimum absolute atomic E-state index is 0.147. The van der Waals surface area contributed by atoms with Crippen LogP contribution in [0, 0.1) is 0 Å². The van der Waals surface area contributed by atoms with Crippen molar-refractivity contribution in [3.8, 4) is 0 Å². The highest BCUT2D eigenvalue weighted by atomic mass is 79.9. The molecule has 0 amide bonds. The van der Waals surface area contributed by atoms with Crippen molar-refractivity contribution in [2.75, 3.05) is 0 Å². The molecule has 0 aliphatic heterocycles. The fourth-order valence-electron chi connectivity index (χ4n) is 7.18. The summed E-state index contributed by atoms with van der Waals surface area (Å²) in [5.41, 5.74) is 11.0. The number of nitrogens with one attached hydrogen (secondary N) is 4. The number of nitrogens with zero attached hydrogens (tertiary/aromatic N) is 1. The molecule has 0 saturated carbocycles. The van der Waals surface area contributed by atoms with Crippen LogP contribution in [-0.2, 0) is 0 Å². The summed E-state index contributed by atoms with van der Waals surface area (Å²) in [7, 11) is 0. The lowest BCUT2D eigenvalue weighted by molar-refractivity contribution is 0.865. The number of fused-ring (bicyclic) bond motifs is 4. The molecule has 5 aromatic heterocycles. The largest absolute Gasteiger partial charge is 0.361 e. The standard InChI is InChI=1S/C39H25Br4N5/c40-20-4-8-32-24(12-20)28(16-44-32)38(29-17-45-33-9-5-21(41)13-25(29)33)36-2-1-3-37(48-36)39(30-18-46-34-10-6-22(42)14-26(30)34)31-19-47-35-11-7-23(43)15-27(31)35/h1-19,38-39,44-47H. The number of pyridine rings is 1. The van der Waals surface area contributed by atoms with Crippen molar-refractivity contribution >= 4 is 107 Å². The Balaban J connectivity index is 1.30. The van der Waals surface area contributed by atoms with Crippen molar-refractivity contribution in [1.29, 1.82) is 0 Å². The molecule has 0 atom stereocenters. The minimum Gasteiger partial charge on any atom is -0.361 e. The van der Waals surface area contributed by atoms with Crippen LogP contribution in [0.4, 0.5) is 0 Å². The Morgan fingerprint density at radius 3 is 0.979 bits per heavy atom. The van der Waals surface area contributed by atoms with Crippen LogP contribution in [0.5, 0.6) is 0 Å². The third-order valence-corrected chi connectivity index (χ3v) is 11.3. The topological polar surface area (TPSA) is 76.0 Å². The Labute approximate surface area is 309 Å². The quantitative estimate of drug-likeness (QED) is 0.132. The predicted molar refractivity (Wildman–Crippen MR) is 210 cm³/mol. The van der Waals surface area contributed by atoms with E-state index < -0.39 is 0 Å². The summed E-state index contributed by atoms with van der Waals surface area (Å²) >= 11 is 14.9. The molecule has 4 N–H and O–H groups in total. The molecule has 0 bridgehead atoms. The molecule has 0 spiro atoms. The molecular weight excluding hydrogens is 858 g/mol. The van der Waals surface area contributed by atoms with E-state index in [0.717, 1.165) is 72.9 Å². The summed E-state index contributed by atoms with van der Waals surface area (Å²) in [5, 5.41) is 4.63. The van der Waals surface area contributed by atoms with Gasteiger partial charge in [0.25, 0.3) is 0 Å². The highest BCUT2D eigenvalue weighted by molar-refractivity contribution is 9.11. The Morgan fingerprint density at radius 2 is 0.688 bits per heavy atom. The van der Waals surface area contributed by atoms with Gasteiger partial charge in [0.1, 0.15) is 0 Å². The number of H-pyrrole nitrogens is 4. The number of halogens is 4. The van der Waals surface area contributed by atoms with E-state index in [9.17, 15) is 0 Å². The normalized spacial score (nSPS) is 12.1. The van der Waals surface area contributed by atoms with Gasteiger partial charge in [0, 0.05) is 86.3 Å². The van der Waals surface area contributed by atoms with E-state index in [1.807, 2.05) is 0 Å². The van der Waals surface area contributed by atoms with E-state index in [4.69, 9.17) is 4.98 Å². The van der Waals surface area contributed by atoms with Gasteiger partial charge in [0.05, 0.1) is 23.2 Å². The molecular formula is C39H25Br4N5. The van der Waals surface area contributed by atoms with Crippen molar-refractivity contribution in [3.63, 3.8) is 0 Å². The molecule has 9 heteroatoms.